The third-order valence-corrected chi connectivity index (χ3v) is 4.65. The van der Waals surface area contributed by atoms with Crippen molar-refractivity contribution in [3.8, 4) is 0 Å². The molecule has 18 heavy (non-hydrogen) atoms. The second kappa shape index (κ2) is 4.99. The molecule has 1 unspecified atom stereocenters. The Hall–Kier alpha value is -0.920. The summed E-state index contributed by atoms with van der Waals surface area (Å²) in [7, 11) is -6.85. The van der Waals surface area contributed by atoms with Gasteiger partial charge < -0.3 is 0 Å². The highest BCUT2D eigenvalue weighted by Gasteiger charge is 2.20. The molecule has 0 fully saturated rings. The Balaban J connectivity index is 3.66. The smallest absolute Gasteiger partial charge is 0.238 e. The molecule has 0 aromatic heterocycles. The van der Waals surface area contributed by atoms with Crippen LogP contribution in [0.5, 0.6) is 0 Å². The van der Waals surface area contributed by atoms with Crippen molar-refractivity contribution in [2.24, 2.45) is 11.1 Å². The SMILES string of the molecule is CC(C)Cc1c(S(C)(=N)=O)cccc1S(N)(=O)=O. The second-order valence-electron chi connectivity index (χ2n) is 4.72. The van der Waals surface area contributed by atoms with E-state index in [4.69, 9.17) is 9.92 Å². The number of sulfonamides is 1. The van der Waals surface area contributed by atoms with Gasteiger partial charge in [-0.3, -0.25) is 0 Å². The Morgan fingerprint density at radius 2 is 1.72 bits per heavy atom. The topological polar surface area (TPSA) is 101 Å². The summed E-state index contributed by atoms with van der Waals surface area (Å²) in [5, 5.41) is 5.16. The Morgan fingerprint density at radius 3 is 2.11 bits per heavy atom. The summed E-state index contributed by atoms with van der Waals surface area (Å²) in [6.45, 7) is 3.84. The first-order chi connectivity index (χ1) is 8.03. The highest BCUT2D eigenvalue weighted by molar-refractivity contribution is 7.92. The van der Waals surface area contributed by atoms with Crippen LogP contribution in [0.1, 0.15) is 19.4 Å². The lowest BCUT2D eigenvalue weighted by Gasteiger charge is -2.15. The number of primary sulfonamides is 1. The molecule has 7 heteroatoms. The maximum Gasteiger partial charge on any atom is 0.238 e. The van der Waals surface area contributed by atoms with Crippen LogP contribution in [-0.4, -0.2) is 18.9 Å². The standard InChI is InChI=1S/C11H18N2O3S2/c1-8(2)7-9-10(17(3,12)14)5-4-6-11(9)18(13,15)16/h4-6,8,12H,7H2,1-3H3,(H2,13,15,16). The quantitative estimate of drug-likeness (QED) is 0.880. The van der Waals surface area contributed by atoms with Crippen molar-refractivity contribution in [3.05, 3.63) is 23.8 Å². The molecule has 0 spiro atoms. The molecule has 1 atom stereocenters. The molecule has 3 N–H and O–H groups in total. The van der Waals surface area contributed by atoms with Gasteiger partial charge in [-0.2, -0.15) is 0 Å². The van der Waals surface area contributed by atoms with Gasteiger partial charge in [-0.25, -0.2) is 22.5 Å². The fraction of sp³-hybridized carbons (Fsp3) is 0.455. The normalized spacial score (nSPS) is 15.6. The van der Waals surface area contributed by atoms with Crippen molar-refractivity contribution >= 4 is 19.8 Å². The summed E-state index contributed by atoms with van der Waals surface area (Å²) in [6, 6.07) is 4.39. The van der Waals surface area contributed by atoms with Crippen molar-refractivity contribution in [3.63, 3.8) is 0 Å². The van der Waals surface area contributed by atoms with Crippen LogP contribution in [0.3, 0.4) is 0 Å². The predicted molar refractivity (Wildman–Crippen MR) is 71.4 cm³/mol. The number of hydrogen-bond acceptors (Lipinski definition) is 4. The Bertz CT molecular complexity index is 597. The van der Waals surface area contributed by atoms with Gasteiger partial charge in [0, 0.05) is 6.26 Å². The summed E-state index contributed by atoms with van der Waals surface area (Å²) in [5.41, 5.74) is 0.400. The van der Waals surface area contributed by atoms with Crippen molar-refractivity contribution in [2.45, 2.75) is 30.1 Å². The van der Waals surface area contributed by atoms with Crippen LogP contribution in [0.2, 0.25) is 0 Å². The molecule has 1 aromatic rings. The first-order valence-corrected chi connectivity index (χ1v) is 8.93. The summed E-state index contributed by atoms with van der Waals surface area (Å²) < 4.78 is 42.6. The monoisotopic (exact) mass is 290 g/mol. The molecule has 5 nitrogen and oxygen atoms in total. The van der Waals surface area contributed by atoms with Gasteiger partial charge in [0.25, 0.3) is 0 Å². The van der Waals surface area contributed by atoms with Crippen LogP contribution in [-0.2, 0) is 26.2 Å². The molecule has 0 radical (unpaired) electrons. The maximum absolute atomic E-state index is 11.9. The van der Waals surface area contributed by atoms with E-state index in [1.54, 1.807) is 0 Å². The lowest BCUT2D eigenvalue weighted by atomic mass is 10.0. The minimum atomic E-state index is -3.87. The molecule has 0 heterocycles. The van der Waals surface area contributed by atoms with E-state index in [9.17, 15) is 12.6 Å². The number of hydrogen-bond donors (Lipinski definition) is 2. The molecule has 0 saturated carbocycles. The molecular formula is C11H18N2O3S2. The fourth-order valence-corrected chi connectivity index (χ4v) is 3.66. The number of benzene rings is 1. The van der Waals surface area contributed by atoms with E-state index >= 15 is 0 Å². The zero-order valence-corrected chi connectivity index (χ0v) is 12.3. The van der Waals surface area contributed by atoms with Crippen molar-refractivity contribution < 1.29 is 12.6 Å². The number of nitrogens with two attached hydrogens (primary N) is 1. The van der Waals surface area contributed by atoms with Crippen molar-refractivity contribution in [1.82, 2.24) is 0 Å². The predicted octanol–water partition coefficient (Wildman–Crippen LogP) is 1.57. The summed E-state index contributed by atoms with van der Waals surface area (Å²) >= 11 is 0. The van der Waals surface area contributed by atoms with Crippen LogP contribution >= 0.6 is 0 Å². The molecule has 0 aliphatic heterocycles. The van der Waals surface area contributed by atoms with Crippen LogP contribution in [0, 0.1) is 10.7 Å². The number of rotatable bonds is 4. The van der Waals surface area contributed by atoms with E-state index in [-0.39, 0.29) is 15.7 Å². The summed E-state index contributed by atoms with van der Waals surface area (Å²) in [5.74, 6) is 0.174. The molecule has 102 valence electrons. The van der Waals surface area contributed by atoms with Gasteiger partial charge in [0.05, 0.1) is 19.5 Å². The van der Waals surface area contributed by atoms with Gasteiger partial charge in [-0.05, 0) is 30.0 Å². The zero-order chi connectivity index (χ0) is 14.1. The summed E-state index contributed by atoms with van der Waals surface area (Å²) in [6.07, 6.45) is 1.70. The molecule has 0 saturated heterocycles. The fourth-order valence-electron chi connectivity index (χ4n) is 1.79. The summed E-state index contributed by atoms with van der Waals surface area (Å²) in [4.78, 5) is 0.221. The van der Waals surface area contributed by atoms with Crippen molar-refractivity contribution in [1.29, 1.82) is 4.78 Å². The third-order valence-electron chi connectivity index (χ3n) is 2.43. The minimum absolute atomic E-state index is 0.0319. The van der Waals surface area contributed by atoms with Crippen LogP contribution < -0.4 is 5.14 Å². The van der Waals surface area contributed by atoms with Crippen molar-refractivity contribution in [2.75, 3.05) is 6.26 Å². The van der Waals surface area contributed by atoms with Gasteiger partial charge in [-0.1, -0.05) is 19.9 Å². The van der Waals surface area contributed by atoms with E-state index < -0.39 is 19.8 Å². The van der Waals surface area contributed by atoms with E-state index in [1.165, 1.54) is 24.5 Å². The molecule has 1 aromatic carbocycles. The lowest BCUT2D eigenvalue weighted by molar-refractivity contribution is 0.590. The first-order valence-electron chi connectivity index (χ1n) is 5.42. The Labute approximate surface area is 108 Å². The largest absolute Gasteiger partial charge is 0.249 e. The van der Waals surface area contributed by atoms with E-state index in [1.807, 2.05) is 13.8 Å². The average molecular weight is 290 g/mol. The highest BCUT2D eigenvalue weighted by Crippen LogP contribution is 2.25. The maximum atomic E-state index is 11.9. The number of nitrogens with one attached hydrogen (secondary N) is 1. The van der Waals surface area contributed by atoms with Gasteiger partial charge >= 0.3 is 0 Å². The van der Waals surface area contributed by atoms with Gasteiger partial charge in [0.1, 0.15) is 0 Å². The second-order valence-corrected chi connectivity index (χ2v) is 8.38. The minimum Gasteiger partial charge on any atom is -0.249 e. The molecule has 0 bridgehead atoms. The lowest BCUT2D eigenvalue weighted by Crippen LogP contribution is -2.17. The Kier molecular flexibility index (Phi) is 4.19. The van der Waals surface area contributed by atoms with Gasteiger partial charge in [0.2, 0.25) is 10.0 Å². The van der Waals surface area contributed by atoms with E-state index in [0.29, 0.717) is 12.0 Å². The van der Waals surface area contributed by atoms with Crippen LogP contribution in [0.15, 0.2) is 28.0 Å². The Morgan fingerprint density at radius 1 is 1.22 bits per heavy atom. The molecule has 1 rings (SSSR count). The first kappa shape index (κ1) is 15.1. The van der Waals surface area contributed by atoms with Crippen LogP contribution in [0.25, 0.3) is 0 Å². The molecular weight excluding hydrogens is 272 g/mol. The third kappa shape index (κ3) is 3.54. The average Bonchev–Trinajstić information content (AvgIpc) is 2.13. The van der Waals surface area contributed by atoms with E-state index in [2.05, 4.69) is 0 Å². The molecule has 0 aliphatic rings. The highest BCUT2D eigenvalue weighted by atomic mass is 32.2. The van der Waals surface area contributed by atoms with Gasteiger partial charge in [0.15, 0.2) is 0 Å². The molecule has 0 amide bonds. The molecule has 0 aliphatic carbocycles. The van der Waals surface area contributed by atoms with E-state index in [0.717, 1.165) is 0 Å². The van der Waals surface area contributed by atoms with Gasteiger partial charge in [-0.15, -0.1) is 0 Å². The zero-order valence-electron chi connectivity index (χ0n) is 10.6. The van der Waals surface area contributed by atoms with Crippen LogP contribution in [0.4, 0.5) is 0 Å².